The molecular weight excluding hydrogens is 450 g/mol. The third kappa shape index (κ3) is 4.16. The number of aryl methyl sites for hydroxylation is 1. The van der Waals surface area contributed by atoms with Crippen molar-refractivity contribution in [3.63, 3.8) is 0 Å². The molecule has 0 spiro atoms. The van der Waals surface area contributed by atoms with Crippen LogP contribution in [0.1, 0.15) is 34.2 Å². The van der Waals surface area contributed by atoms with E-state index >= 15 is 0 Å². The number of hydrogen-bond acceptors (Lipinski definition) is 0. The smallest absolute Gasteiger partial charge is 1.00 e. The maximum Gasteiger partial charge on any atom is 2.00 e. The minimum Gasteiger partial charge on any atom is -1.00 e. The molecule has 2 aliphatic rings. The summed E-state index contributed by atoms with van der Waals surface area (Å²) in [4.78, 5) is 0. The average Bonchev–Trinajstić information content (AvgIpc) is 3.21. The largest absolute Gasteiger partial charge is 2.00 e. The first-order valence-corrected chi connectivity index (χ1v) is 8.85. The second-order valence-corrected chi connectivity index (χ2v) is 6.96. The standard InChI is InChI=1S/C24H20.2ClH.Zr/c1-2-7-20-15-17(14-19(20)6-1)12-13-18-9-5-11-23-22-10-4-3-8-21(22)16-24(18)23;;;/h1-11,14H,12-13,15-16H2;2*1H;/q;;;+2/p-2. The quantitative estimate of drug-likeness (QED) is 0.390. The molecule has 0 N–H and O–H groups in total. The molecule has 3 aromatic carbocycles. The zero-order chi connectivity index (χ0) is 15.9. The summed E-state index contributed by atoms with van der Waals surface area (Å²) >= 11 is 0. The SMILES string of the molecule is C1=C(CCc2cccc3c2Cc2ccccc2-3)Cc2ccccc21.[Cl-].[Cl-].[Zr+2]. The molecule has 0 fully saturated rings. The van der Waals surface area contributed by atoms with Crippen LogP contribution >= 0.6 is 0 Å². The summed E-state index contributed by atoms with van der Waals surface area (Å²) < 4.78 is 0. The molecule has 0 radical (unpaired) electrons. The summed E-state index contributed by atoms with van der Waals surface area (Å²) in [6.07, 6.45) is 6.94. The second-order valence-electron chi connectivity index (χ2n) is 6.96. The molecule has 5 rings (SSSR count). The minimum absolute atomic E-state index is 0. The van der Waals surface area contributed by atoms with Crippen molar-refractivity contribution in [1.29, 1.82) is 0 Å². The van der Waals surface area contributed by atoms with Crippen molar-refractivity contribution in [3.8, 4) is 11.1 Å². The topological polar surface area (TPSA) is 0 Å². The molecular formula is C24H20Cl2Zr. The van der Waals surface area contributed by atoms with Gasteiger partial charge in [-0.1, -0.05) is 78.4 Å². The number of rotatable bonds is 3. The van der Waals surface area contributed by atoms with Crippen LogP contribution in [0.25, 0.3) is 17.2 Å². The predicted molar refractivity (Wildman–Crippen MR) is 101 cm³/mol. The van der Waals surface area contributed by atoms with Crippen molar-refractivity contribution in [3.05, 3.63) is 100 Å². The summed E-state index contributed by atoms with van der Waals surface area (Å²) in [5.41, 5.74) is 11.9. The van der Waals surface area contributed by atoms with Gasteiger partial charge in [0.25, 0.3) is 0 Å². The van der Waals surface area contributed by atoms with Crippen LogP contribution in [0.2, 0.25) is 0 Å². The molecule has 0 bridgehead atoms. The van der Waals surface area contributed by atoms with E-state index in [2.05, 4.69) is 72.8 Å². The molecule has 0 amide bonds. The number of allylic oxidation sites excluding steroid dienone is 1. The van der Waals surface area contributed by atoms with Gasteiger partial charge in [-0.15, -0.1) is 0 Å². The van der Waals surface area contributed by atoms with E-state index in [9.17, 15) is 0 Å². The fourth-order valence-electron chi connectivity index (χ4n) is 4.26. The van der Waals surface area contributed by atoms with Crippen LogP contribution in [0.4, 0.5) is 0 Å². The van der Waals surface area contributed by atoms with Crippen molar-refractivity contribution in [2.24, 2.45) is 0 Å². The monoisotopic (exact) mass is 468 g/mol. The molecule has 3 heteroatoms. The van der Waals surface area contributed by atoms with E-state index in [1.807, 2.05) is 0 Å². The van der Waals surface area contributed by atoms with Gasteiger partial charge in [-0.25, -0.2) is 0 Å². The van der Waals surface area contributed by atoms with Gasteiger partial charge in [0.2, 0.25) is 0 Å². The normalized spacial score (nSPS) is 12.5. The molecule has 0 nitrogen and oxygen atoms in total. The molecule has 0 atom stereocenters. The fourth-order valence-corrected chi connectivity index (χ4v) is 4.26. The Balaban J connectivity index is 0.000000871. The summed E-state index contributed by atoms with van der Waals surface area (Å²) in [6, 6.07) is 24.5. The van der Waals surface area contributed by atoms with Gasteiger partial charge in [-0.05, 0) is 64.6 Å². The summed E-state index contributed by atoms with van der Waals surface area (Å²) in [7, 11) is 0. The zero-order valence-corrected chi connectivity index (χ0v) is 19.0. The molecule has 0 aliphatic heterocycles. The van der Waals surface area contributed by atoms with Crippen molar-refractivity contribution >= 4 is 6.08 Å². The Bertz CT molecular complexity index is 976. The summed E-state index contributed by atoms with van der Waals surface area (Å²) in [5, 5.41) is 0. The predicted octanol–water partition coefficient (Wildman–Crippen LogP) is -0.164. The Morgan fingerprint density at radius 1 is 0.630 bits per heavy atom. The van der Waals surface area contributed by atoms with E-state index in [0.717, 1.165) is 19.3 Å². The average molecular weight is 471 g/mol. The first-order chi connectivity index (χ1) is 11.9. The Morgan fingerprint density at radius 3 is 2.15 bits per heavy atom. The summed E-state index contributed by atoms with van der Waals surface area (Å²) in [6.45, 7) is 0. The van der Waals surface area contributed by atoms with Crippen LogP contribution in [0.5, 0.6) is 0 Å². The van der Waals surface area contributed by atoms with Crippen molar-refractivity contribution in [2.75, 3.05) is 0 Å². The first-order valence-electron chi connectivity index (χ1n) is 8.85. The van der Waals surface area contributed by atoms with Crippen LogP contribution in [-0.4, -0.2) is 0 Å². The van der Waals surface area contributed by atoms with Crippen LogP contribution in [0.15, 0.2) is 72.3 Å². The molecule has 3 aromatic rings. The van der Waals surface area contributed by atoms with E-state index in [1.165, 1.54) is 39.8 Å². The Morgan fingerprint density at radius 2 is 1.33 bits per heavy atom. The number of hydrogen-bond donors (Lipinski definition) is 0. The minimum atomic E-state index is 0. The van der Waals surface area contributed by atoms with E-state index in [0.29, 0.717) is 0 Å². The summed E-state index contributed by atoms with van der Waals surface area (Å²) in [5.74, 6) is 0. The maximum atomic E-state index is 2.40. The van der Waals surface area contributed by atoms with Gasteiger partial charge in [0.05, 0.1) is 0 Å². The molecule has 0 unspecified atom stereocenters. The van der Waals surface area contributed by atoms with Crippen molar-refractivity contribution < 1.29 is 51.0 Å². The maximum absolute atomic E-state index is 2.40. The van der Waals surface area contributed by atoms with Crippen molar-refractivity contribution in [1.82, 2.24) is 0 Å². The third-order valence-electron chi connectivity index (χ3n) is 5.50. The van der Waals surface area contributed by atoms with E-state index in [-0.39, 0.29) is 51.0 Å². The van der Waals surface area contributed by atoms with Crippen LogP contribution in [0.3, 0.4) is 0 Å². The van der Waals surface area contributed by atoms with E-state index < -0.39 is 0 Å². The molecule has 0 aromatic heterocycles. The first kappa shape index (κ1) is 22.2. The number of halogens is 2. The number of fused-ring (bicyclic) bond motifs is 4. The third-order valence-corrected chi connectivity index (χ3v) is 5.50. The van der Waals surface area contributed by atoms with Gasteiger partial charge in [0.15, 0.2) is 0 Å². The van der Waals surface area contributed by atoms with Crippen molar-refractivity contribution in [2.45, 2.75) is 25.7 Å². The molecule has 134 valence electrons. The van der Waals surface area contributed by atoms with Crippen LogP contribution in [0, 0.1) is 0 Å². The molecule has 0 saturated carbocycles. The van der Waals surface area contributed by atoms with Gasteiger partial charge in [0, 0.05) is 0 Å². The molecule has 0 heterocycles. The van der Waals surface area contributed by atoms with Crippen LogP contribution in [-0.2, 0) is 45.5 Å². The Labute approximate surface area is 193 Å². The van der Waals surface area contributed by atoms with E-state index in [4.69, 9.17) is 0 Å². The molecule has 27 heavy (non-hydrogen) atoms. The Hall–Kier alpha value is -1.14. The van der Waals surface area contributed by atoms with Gasteiger partial charge < -0.3 is 24.8 Å². The van der Waals surface area contributed by atoms with Crippen LogP contribution < -0.4 is 24.8 Å². The second kappa shape index (κ2) is 9.37. The van der Waals surface area contributed by atoms with Gasteiger partial charge in [-0.2, -0.15) is 0 Å². The number of benzene rings is 3. The Kier molecular flexibility index (Phi) is 7.69. The van der Waals surface area contributed by atoms with Gasteiger partial charge >= 0.3 is 26.2 Å². The fraction of sp³-hybridized carbons (Fsp3) is 0.167. The zero-order valence-electron chi connectivity index (χ0n) is 15.0. The van der Waals surface area contributed by atoms with E-state index in [1.54, 1.807) is 11.1 Å². The molecule has 2 aliphatic carbocycles. The van der Waals surface area contributed by atoms with Gasteiger partial charge in [-0.3, -0.25) is 0 Å². The molecule has 0 saturated heterocycles. The van der Waals surface area contributed by atoms with Gasteiger partial charge in [0.1, 0.15) is 0 Å².